The lowest BCUT2D eigenvalue weighted by Gasteiger charge is -2.03. The van der Waals surface area contributed by atoms with Gasteiger partial charge in [0.2, 0.25) is 0 Å². The summed E-state index contributed by atoms with van der Waals surface area (Å²) < 4.78 is 0. The van der Waals surface area contributed by atoms with Crippen molar-refractivity contribution in [3.05, 3.63) is 21.4 Å². The molecule has 1 N–H and O–H groups in total. The van der Waals surface area contributed by atoms with Crippen LogP contribution in [0.5, 0.6) is 0 Å². The van der Waals surface area contributed by atoms with E-state index in [2.05, 4.69) is 4.90 Å². The molecule has 1 aromatic heterocycles. The van der Waals surface area contributed by atoms with E-state index in [1.54, 1.807) is 6.07 Å². The maximum Gasteiger partial charge on any atom is 0.345 e. The van der Waals surface area contributed by atoms with Crippen LogP contribution in [-0.4, -0.2) is 23.0 Å². The number of carbonyl (C=O) groups is 1. The highest BCUT2D eigenvalue weighted by Gasteiger charge is 2.20. The van der Waals surface area contributed by atoms with Gasteiger partial charge < -0.3 is 5.11 Å². The average Bonchev–Trinajstić information content (AvgIpc) is 2.42. The fraction of sp³-hybridized carbons (Fsp3) is 0.375. The molecule has 0 saturated carbocycles. The summed E-state index contributed by atoms with van der Waals surface area (Å²) in [7, 11) is 2.03. The largest absolute Gasteiger partial charge is 0.477 e. The summed E-state index contributed by atoms with van der Waals surface area (Å²) in [4.78, 5) is 14.4. The molecule has 0 atom stereocenters. The summed E-state index contributed by atoms with van der Waals surface area (Å²) in [6.45, 7) is 1.78. The predicted octanol–water partition coefficient (Wildman–Crippen LogP) is 1.39. The highest BCUT2D eigenvalue weighted by molar-refractivity contribution is 7.14. The number of thiophene rings is 1. The van der Waals surface area contributed by atoms with E-state index in [9.17, 15) is 4.79 Å². The molecular weight excluding hydrogens is 174 g/mol. The zero-order valence-corrected chi connectivity index (χ0v) is 7.52. The van der Waals surface area contributed by atoms with Crippen LogP contribution in [0, 0.1) is 0 Å². The summed E-state index contributed by atoms with van der Waals surface area (Å²) in [5.74, 6) is -0.808. The Bertz CT molecular complexity index is 308. The molecule has 0 aliphatic carbocycles. The minimum Gasteiger partial charge on any atom is -0.477 e. The van der Waals surface area contributed by atoms with Crippen LogP contribution in [-0.2, 0) is 13.1 Å². The molecule has 3 nitrogen and oxygen atoms in total. The first-order valence-corrected chi connectivity index (χ1v) is 4.52. The lowest BCUT2D eigenvalue weighted by atomic mass is 10.3. The van der Waals surface area contributed by atoms with Crippen LogP contribution in [0.15, 0.2) is 6.07 Å². The Kier molecular flexibility index (Phi) is 1.66. The third-order valence-corrected chi connectivity index (χ3v) is 3.11. The van der Waals surface area contributed by atoms with E-state index in [1.807, 2.05) is 7.05 Å². The summed E-state index contributed by atoms with van der Waals surface area (Å²) in [6, 6.07) is 1.78. The molecule has 1 aliphatic heterocycles. The lowest BCUT2D eigenvalue weighted by molar-refractivity contribution is 0.0702. The first-order valence-electron chi connectivity index (χ1n) is 3.70. The molecule has 1 aromatic rings. The van der Waals surface area contributed by atoms with Crippen LogP contribution in [0.4, 0.5) is 0 Å². The Morgan fingerprint density at radius 3 is 3.00 bits per heavy atom. The zero-order valence-electron chi connectivity index (χ0n) is 6.70. The first kappa shape index (κ1) is 7.76. The molecule has 2 heterocycles. The molecule has 2 rings (SSSR count). The van der Waals surface area contributed by atoms with Crippen molar-refractivity contribution in [2.24, 2.45) is 0 Å². The monoisotopic (exact) mass is 183 g/mol. The van der Waals surface area contributed by atoms with Crippen molar-refractivity contribution >= 4 is 17.3 Å². The smallest absolute Gasteiger partial charge is 0.345 e. The van der Waals surface area contributed by atoms with Crippen molar-refractivity contribution in [2.45, 2.75) is 13.1 Å². The molecule has 0 bridgehead atoms. The lowest BCUT2D eigenvalue weighted by Crippen LogP contribution is -2.08. The van der Waals surface area contributed by atoms with E-state index in [4.69, 9.17) is 5.11 Å². The maximum absolute atomic E-state index is 10.6. The van der Waals surface area contributed by atoms with Crippen molar-refractivity contribution in [1.29, 1.82) is 0 Å². The van der Waals surface area contributed by atoms with Crippen LogP contribution < -0.4 is 0 Å². The van der Waals surface area contributed by atoms with Gasteiger partial charge in [0, 0.05) is 18.0 Å². The van der Waals surface area contributed by atoms with Crippen molar-refractivity contribution < 1.29 is 9.90 Å². The number of carboxylic acid groups (broad SMARTS) is 1. The van der Waals surface area contributed by atoms with Crippen LogP contribution in [0.1, 0.15) is 20.1 Å². The molecule has 12 heavy (non-hydrogen) atoms. The molecule has 0 amide bonds. The molecule has 0 unspecified atom stereocenters. The minimum absolute atomic E-state index is 0.466. The van der Waals surface area contributed by atoms with Crippen LogP contribution in [0.2, 0.25) is 0 Å². The highest BCUT2D eigenvalue weighted by atomic mass is 32.1. The summed E-state index contributed by atoms with van der Waals surface area (Å²) in [5, 5.41) is 8.70. The van der Waals surface area contributed by atoms with Gasteiger partial charge in [0.1, 0.15) is 4.88 Å². The van der Waals surface area contributed by atoms with Gasteiger partial charge in [-0.05, 0) is 18.7 Å². The molecule has 0 aromatic carbocycles. The number of hydrogen-bond acceptors (Lipinski definition) is 3. The van der Waals surface area contributed by atoms with Crippen LogP contribution in [0.25, 0.3) is 0 Å². The van der Waals surface area contributed by atoms with Gasteiger partial charge in [-0.1, -0.05) is 0 Å². The number of aromatic carboxylic acids is 1. The first-order chi connectivity index (χ1) is 5.66. The maximum atomic E-state index is 10.6. The summed E-state index contributed by atoms with van der Waals surface area (Å²) in [5.41, 5.74) is 1.18. The molecule has 1 aliphatic rings. The number of carboxylic acids is 1. The minimum atomic E-state index is -0.808. The summed E-state index contributed by atoms with van der Waals surface area (Å²) in [6.07, 6.45) is 0. The van der Waals surface area contributed by atoms with Gasteiger partial charge in [0.05, 0.1) is 0 Å². The molecule has 4 heteroatoms. The number of nitrogens with zero attached hydrogens (tertiary/aromatic N) is 1. The van der Waals surface area contributed by atoms with Crippen LogP contribution >= 0.6 is 11.3 Å². The topological polar surface area (TPSA) is 40.5 Å². The van der Waals surface area contributed by atoms with Gasteiger partial charge in [0.15, 0.2) is 0 Å². The Balaban J connectivity index is 2.34. The van der Waals surface area contributed by atoms with Crippen molar-refractivity contribution in [2.75, 3.05) is 7.05 Å². The fourth-order valence-electron chi connectivity index (χ4n) is 1.43. The van der Waals surface area contributed by atoms with Gasteiger partial charge in [0.25, 0.3) is 0 Å². The molecule has 0 radical (unpaired) electrons. The Hall–Kier alpha value is -0.870. The van der Waals surface area contributed by atoms with Crippen molar-refractivity contribution in [3.8, 4) is 0 Å². The molecule has 0 saturated heterocycles. The average molecular weight is 183 g/mol. The number of fused-ring (bicyclic) bond motifs is 1. The normalized spacial score (nSPS) is 16.4. The SMILES string of the molecule is CN1Cc2cc(C(=O)O)sc2C1. The highest BCUT2D eigenvalue weighted by Crippen LogP contribution is 2.29. The Morgan fingerprint density at radius 2 is 2.42 bits per heavy atom. The number of rotatable bonds is 1. The molecule has 64 valence electrons. The fourth-order valence-corrected chi connectivity index (χ4v) is 2.52. The van der Waals surface area contributed by atoms with E-state index in [1.165, 1.54) is 21.8 Å². The Labute approximate surface area is 74.2 Å². The van der Waals surface area contributed by atoms with E-state index in [0.717, 1.165) is 13.1 Å². The predicted molar refractivity (Wildman–Crippen MR) is 46.4 cm³/mol. The quantitative estimate of drug-likeness (QED) is 0.715. The van der Waals surface area contributed by atoms with Gasteiger partial charge in [-0.3, -0.25) is 4.90 Å². The second-order valence-electron chi connectivity index (χ2n) is 3.04. The van der Waals surface area contributed by atoms with Crippen molar-refractivity contribution in [3.63, 3.8) is 0 Å². The Morgan fingerprint density at radius 1 is 1.67 bits per heavy atom. The van der Waals surface area contributed by atoms with Gasteiger partial charge in [-0.2, -0.15) is 0 Å². The van der Waals surface area contributed by atoms with E-state index < -0.39 is 5.97 Å². The third-order valence-electron chi connectivity index (χ3n) is 1.96. The zero-order chi connectivity index (χ0) is 8.72. The molecule has 0 fully saturated rings. The van der Waals surface area contributed by atoms with Gasteiger partial charge in [-0.15, -0.1) is 11.3 Å². The van der Waals surface area contributed by atoms with E-state index in [-0.39, 0.29) is 0 Å². The third kappa shape index (κ3) is 1.13. The standard InChI is InChI=1S/C8H9NO2S/c1-9-3-5-2-6(8(10)11)12-7(5)4-9/h2H,3-4H2,1H3,(H,10,11). The summed E-state index contributed by atoms with van der Waals surface area (Å²) >= 11 is 1.39. The molecule has 0 spiro atoms. The molecular formula is C8H9NO2S. The number of hydrogen-bond donors (Lipinski definition) is 1. The van der Waals surface area contributed by atoms with E-state index in [0.29, 0.717) is 4.88 Å². The second kappa shape index (κ2) is 2.57. The van der Waals surface area contributed by atoms with Gasteiger partial charge >= 0.3 is 5.97 Å². The second-order valence-corrected chi connectivity index (χ2v) is 4.17. The van der Waals surface area contributed by atoms with Crippen molar-refractivity contribution in [1.82, 2.24) is 4.90 Å². The van der Waals surface area contributed by atoms with Crippen LogP contribution in [0.3, 0.4) is 0 Å². The van der Waals surface area contributed by atoms with Gasteiger partial charge in [-0.25, -0.2) is 4.79 Å². The van der Waals surface area contributed by atoms with E-state index >= 15 is 0 Å².